The van der Waals surface area contributed by atoms with Crippen molar-refractivity contribution in [2.24, 2.45) is 11.7 Å². The molecule has 0 spiro atoms. The standard InChI is InChI=1S/C27H41N4O7P/c1-18(33)29-23(15-19-9-11-20(12-10-19)16-39(37,38)17-32)25(35)31-27(13-5-2-6-14-27)26(36)30-22-8-4-3-7-21(22)24(28)34/h9-12,21-23,32H,2-8,13-17H2,1H3,(H2,28,34)(H,29,33)(H,30,36)(H,31,35)(H,37,38)/t21-,22+,23-/m0/s1. The Morgan fingerprint density at radius 2 is 1.64 bits per heavy atom. The molecule has 7 N–H and O–H groups in total. The predicted octanol–water partition coefficient (Wildman–Crippen LogP) is 1.43. The highest BCUT2D eigenvalue weighted by atomic mass is 31.2. The van der Waals surface area contributed by atoms with Crippen LogP contribution in [0.1, 0.15) is 75.8 Å². The zero-order chi connectivity index (χ0) is 28.6. The van der Waals surface area contributed by atoms with Gasteiger partial charge in [-0.2, -0.15) is 0 Å². The third kappa shape index (κ3) is 8.62. The minimum absolute atomic E-state index is 0.145. The Bertz CT molecular complexity index is 1090. The fourth-order valence-corrected chi connectivity index (χ4v) is 6.53. The van der Waals surface area contributed by atoms with Crippen LogP contribution in [0.2, 0.25) is 0 Å². The number of rotatable bonds is 11. The van der Waals surface area contributed by atoms with Gasteiger partial charge in [0.25, 0.3) is 0 Å². The minimum Gasteiger partial charge on any atom is -0.386 e. The van der Waals surface area contributed by atoms with Crippen LogP contribution < -0.4 is 21.7 Å². The van der Waals surface area contributed by atoms with E-state index in [2.05, 4.69) is 16.0 Å². The molecule has 0 aromatic heterocycles. The molecule has 3 rings (SSSR count). The van der Waals surface area contributed by atoms with Crippen molar-refractivity contribution in [1.29, 1.82) is 0 Å². The number of nitrogens with one attached hydrogen (secondary N) is 3. The van der Waals surface area contributed by atoms with E-state index in [1.165, 1.54) is 6.92 Å². The van der Waals surface area contributed by atoms with Crippen molar-refractivity contribution < 1.29 is 33.7 Å². The van der Waals surface area contributed by atoms with Crippen molar-refractivity contribution in [2.75, 3.05) is 6.35 Å². The number of nitrogens with two attached hydrogens (primary N) is 1. The van der Waals surface area contributed by atoms with E-state index in [0.717, 1.165) is 32.1 Å². The third-order valence-corrected chi connectivity index (χ3v) is 9.06. The van der Waals surface area contributed by atoms with Crippen molar-refractivity contribution in [1.82, 2.24) is 16.0 Å². The van der Waals surface area contributed by atoms with E-state index in [1.807, 2.05) is 0 Å². The first-order valence-electron chi connectivity index (χ1n) is 13.6. The number of carbonyl (C=O) groups is 4. The van der Waals surface area contributed by atoms with Crippen LogP contribution in [0.15, 0.2) is 24.3 Å². The average molecular weight is 565 g/mol. The lowest BCUT2D eigenvalue weighted by atomic mass is 9.79. The van der Waals surface area contributed by atoms with Crippen molar-refractivity contribution in [3.05, 3.63) is 35.4 Å². The number of aliphatic hydroxyl groups is 1. The number of amides is 4. The van der Waals surface area contributed by atoms with Gasteiger partial charge in [0, 0.05) is 19.4 Å². The fraction of sp³-hybridized carbons (Fsp3) is 0.630. The lowest BCUT2D eigenvalue weighted by Gasteiger charge is -2.40. The van der Waals surface area contributed by atoms with Gasteiger partial charge in [0.2, 0.25) is 31.0 Å². The highest BCUT2D eigenvalue weighted by molar-refractivity contribution is 7.56. The van der Waals surface area contributed by atoms with Crippen LogP contribution in [0.5, 0.6) is 0 Å². The maximum absolute atomic E-state index is 13.6. The summed E-state index contributed by atoms with van der Waals surface area (Å²) in [5.41, 5.74) is 5.71. The zero-order valence-corrected chi connectivity index (χ0v) is 23.4. The molecule has 1 unspecified atom stereocenters. The van der Waals surface area contributed by atoms with Crippen molar-refractivity contribution in [3.63, 3.8) is 0 Å². The van der Waals surface area contributed by atoms with Crippen molar-refractivity contribution in [3.8, 4) is 0 Å². The van der Waals surface area contributed by atoms with Gasteiger partial charge in [-0.1, -0.05) is 56.4 Å². The molecule has 0 radical (unpaired) electrons. The molecule has 216 valence electrons. The first kappa shape index (κ1) is 30.8. The van der Waals surface area contributed by atoms with E-state index in [0.29, 0.717) is 36.8 Å². The van der Waals surface area contributed by atoms with Crippen molar-refractivity contribution in [2.45, 2.75) is 94.9 Å². The molecule has 0 heterocycles. The molecule has 12 heteroatoms. The Balaban J connectivity index is 1.75. The Hall–Kier alpha value is -2.75. The molecule has 1 aromatic carbocycles. The van der Waals surface area contributed by atoms with Crippen molar-refractivity contribution >= 4 is 31.0 Å². The zero-order valence-electron chi connectivity index (χ0n) is 22.5. The van der Waals surface area contributed by atoms with E-state index in [4.69, 9.17) is 10.8 Å². The summed E-state index contributed by atoms with van der Waals surface area (Å²) in [6.07, 6.45) is 5.56. The molecule has 2 aliphatic carbocycles. The molecule has 1 aromatic rings. The Kier molecular flexibility index (Phi) is 10.7. The summed E-state index contributed by atoms with van der Waals surface area (Å²) in [5.74, 6) is -2.08. The third-order valence-electron chi connectivity index (χ3n) is 7.76. The van der Waals surface area contributed by atoms with Crippen LogP contribution in [0.3, 0.4) is 0 Å². The predicted molar refractivity (Wildman–Crippen MR) is 145 cm³/mol. The van der Waals surface area contributed by atoms with Gasteiger partial charge in [0.05, 0.1) is 12.1 Å². The Labute approximate surface area is 229 Å². The number of primary amides is 1. The summed E-state index contributed by atoms with van der Waals surface area (Å²) in [6, 6.07) is 5.37. The molecule has 0 bridgehead atoms. The topological polar surface area (TPSA) is 188 Å². The summed E-state index contributed by atoms with van der Waals surface area (Å²) in [7, 11) is -3.66. The summed E-state index contributed by atoms with van der Waals surface area (Å²) in [4.78, 5) is 60.8. The van der Waals surface area contributed by atoms with Gasteiger partial charge in [-0.3, -0.25) is 23.7 Å². The summed E-state index contributed by atoms with van der Waals surface area (Å²) in [5, 5.41) is 17.7. The van der Waals surface area contributed by atoms with Crippen LogP contribution in [0.4, 0.5) is 0 Å². The largest absolute Gasteiger partial charge is 0.386 e. The van der Waals surface area contributed by atoms with E-state index in [9.17, 15) is 28.6 Å². The van der Waals surface area contributed by atoms with Gasteiger partial charge >= 0.3 is 0 Å². The molecule has 2 saturated carbocycles. The summed E-state index contributed by atoms with van der Waals surface area (Å²) >= 11 is 0. The molecule has 4 atom stereocenters. The van der Waals surface area contributed by atoms with Crippen LogP contribution in [0, 0.1) is 5.92 Å². The lowest BCUT2D eigenvalue weighted by Crippen LogP contribution is -2.65. The molecule has 4 amide bonds. The second kappa shape index (κ2) is 13.5. The SMILES string of the molecule is CC(=O)N[C@@H](Cc1ccc(CP(=O)(O)CO)cc1)C(=O)NC1(C(=O)N[C@@H]2CCCC[C@@H]2C(N)=O)CCCCC1. The Morgan fingerprint density at radius 3 is 2.23 bits per heavy atom. The van der Waals surface area contributed by atoms with Gasteiger partial charge in [-0.25, -0.2) is 0 Å². The first-order valence-corrected chi connectivity index (χ1v) is 15.7. The quantitative estimate of drug-likeness (QED) is 0.219. The number of hydrogen-bond acceptors (Lipinski definition) is 6. The van der Waals surface area contributed by atoms with E-state index in [-0.39, 0.29) is 24.5 Å². The maximum Gasteiger partial charge on any atom is 0.245 e. The number of hydrogen-bond donors (Lipinski definition) is 6. The van der Waals surface area contributed by atoms with Gasteiger partial charge in [0.15, 0.2) is 0 Å². The lowest BCUT2D eigenvalue weighted by molar-refractivity contribution is -0.138. The highest BCUT2D eigenvalue weighted by Crippen LogP contribution is 2.43. The molecule has 2 aliphatic rings. The molecular weight excluding hydrogens is 523 g/mol. The van der Waals surface area contributed by atoms with Gasteiger partial charge in [0.1, 0.15) is 17.9 Å². The van der Waals surface area contributed by atoms with E-state index >= 15 is 0 Å². The van der Waals surface area contributed by atoms with Crippen LogP contribution >= 0.6 is 7.37 Å². The summed E-state index contributed by atoms with van der Waals surface area (Å²) in [6.45, 7) is 1.31. The smallest absolute Gasteiger partial charge is 0.245 e. The first-order chi connectivity index (χ1) is 18.4. The van der Waals surface area contributed by atoms with Gasteiger partial charge < -0.3 is 31.7 Å². The molecule has 0 saturated heterocycles. The normalized spacial score (nSPS) is 23.1. The fourth-order valence-electron chi connectivity index (χ4n) is 5.64. The monoisotopic (exact) mass is 564 g/mol. The minimum atomic E-state index is -3.66. The molecule has 11 nitrogen and oxygen atoms in total. The molecule has 39 heavy (non-hydrogen) atoms. The molecule has 2 fully saturated rings. The average Bonchev–Trinajstić information content (AvgIpc) is 2.89. The number of aliphatic hydroxyl groups excluding tert-OH is 1. The number of carbonyl (C=O) groups excluding carboxylic acids is 4. The molecule has 0 aliphatic heterocycles. The summed E-state index contributed by atoms with van der Waals surface area (Å²) < 4.78 is 11.8. The second-order valence-corrected chi connectivity index (χ2v) is 13.2. The highest BCUT2D eigenvalue weighted by Gasteiger charge is 2.44. The second-order valence-electron chi connectivity index (χ2n) is 10.9. The number of benzene rings is 1. The van der Waals surface area contributed by atoms with Crippen LogP contribution in [-0.2, 0) is 36.3 Å². The molecular formula is C27H41N4O7P. The van der Waals surface area contributed by atoms with Crippen LogP contribution in [-0.4, -0.2) is 57.6 Å². The van der Waals surface area contributed by atoms with Crippen LogP contribution in [0.25, 0.3) is 0 Å². The van der Waals surface area contributed by atoms with E-state index in [1.54, 1.807) is 24.3 Å². The van der Waals surface area contributed by atoms with Gasteiger partial charge in [-0.15, -0.1) is 0 Å². The Morgan fingerprint density at radius 1 is 1.03 bits per heavy atom. The van der Waals surface area contributed by atoms with Gasteiger partial charge in [-0.05, 0) is 36.8 Å². The van der Waals surface area contributed by atoms with E-state index < -0.39 is 48.9 Å². The maximum atomic E-state index is 13.6.